The summed E-state index contributed by atoms with van der Waals surface area (Å²) in [5.74, 6) is 1.90. The lowest BCUT2D eigenvalue weighted by Crippen LogP contribution is -2.45. The van der Waals surface area contributed by atoms with Gasteiger partial charge in [0.15, 0.2) is 5.96 Å². The highest BCUT2D eigenvalue weighted by Gasteiger charge is 2.27. The molecule has 0 aromatic heterocycles. The van der Waals surface area contributed by atoms with Gasteiger partial charge in [-0.3, -0.25) is 9.79 Å². The minimum absolute atomic E-state index is 0. The van der Waals surface area contributed by atoms with Crippen LogP contribution in [-0.2, 0) is 11.3 Å². The number of carbonyl (C=O) groups excluding carboxylic acids is 1. The van der Waals surface area contributed by atoms with Crippen LogP contribution in [0.3, 0.4) is 0 Å². The van der Waals surface area contributed by atoms with Crippen LogP contribution < -0.4 is 15.4 Å². The molecule has 0 spiro atoms. The standard InChI is InChI=1S/C20H32N4O2.HI/c1-14(2)19(25)24-10-9-17(13-24)23-20(21-5)22-12-16-7-6-8-18(11-16)26-15(3)4;/h6-8,11,14-15,17H,9-10,12-13H2,1-5H3,(H2,21,22,23);1H. The smallest absolute Gasteiger partial charge is 0.225 e. The van der Waals surface area contributed by atoms with Crippen LogP contribution >= 0.6 is 24.0 Å². The molecule has 1 aliphatic heterocycles. The zero-order chi connectivity index (χ0) is 19.1. The summed E-state index contributed by atoms with van der Waals surface area (Å²) in [5, 5.41) is 6.76. The van der Waals surface area contributed by atoms with E-state index in [9.17, 15) is 4.79 Å². The number of hydrogen-bond acceptors (Lipinski definition) is 3. The third-order valence-corrected chi connectivity index (χ3v) is 4.29. The molecule has 0 saturated carbocycles. The Labute approximate surface area is 180 Å². The molecule has 1 aromatic carbocycles. The van der Waals surface area contributed by atoms with Gasteiger partial charge >= 0.3 is 0 Å². The molecule has 1 unspecified atom stereocenters. The van der Waals surface area contributed by atoms with Crippen LogP contribution in [0.25, 0.3) is 0 Å². The van der Waals surface area contributed by atoms with E-state index in [0.29, 0.717) is 6.54 Å². The normalized spacial score (nSPS) is 17.1. The number of likely N-dealkylation sites (tertiary alicyclic amines) is 1. The van der Waals surface area contributed by atoms with Gasteiger partial charge in [0.05, 0.1) is 6.10 Å². The van der Waals surface area contributed by atoms with Crippen LogP contribution in [0.1, 0.15) is 39.7 Å². The highest BCUT2D eigenvalue weighted by molar-refractivity contribution is 14.0. The fourth-order valence-electron chi connectivity index (χ4n) is 3.02. The molecule has 152 valence electrons. The van der Waals surface area contributed by atoms with Gasteiger partial charge in [-0.2, -0.15) is 0 Å². The topological polar surface area (TPSA) is 66.0 Å². The molecule has 1 aromatic rings. The first-order valence-corrected chi connectivity index (χ1v) is 9.40. The maximum atomic E-state index is 12.1. The summed E-state index contributed by atoms with van der Waals surface area (Å²) in [4.78, 5) is 18.3. The highest BCUT2D eigenvalue weighted by atomic mass is 127. The number of ether oxygens (including phenoxy) is 1. The van der Waals surface area contributed by atoms with Gasteiger partial charge in [-0.1, -0.05) is 26.0 Å². The van der Waals surface area contributed by atoms with Gasteiger partial charge in [-0.15, -0.1) is 24.0 Å². The van der Waals surface area contributed by atoms with Crippen molar-refractivity contribution in [2.75, 3.05) is 20.1 Å². The van der Waals surface area contributed by atoms with Gasteiger partial charge < -0.3 is 20.3 Å². The monoisotopic (exact) mass is 488 g/mol. The molecular formula is C20H33IN4O2. The molecular weight excluding hydrogens is 455 g/mol. The van der Waals surface area contributed by atoms with Crippen molar-refractivity contribution in [1.82, 2.24) is 15.5 Å². The molecule has 1 atom stereocenters. The third kappa shape index (κ3) is 7.56. The van der Waals surface area contributed by atoms with Crippen molar-refractivity contribution < 1.29 is 9.53 Å². The maximum absolute atomic E-state index is 12.1. The quantitative estimate of drug-likeness (QED) is 0.367. The minimum atomic E-state index is 0. The average molecular weight is 488 g/mol. The number of aliphatic imine (C=N–C) groups is 1. The summed E-state index contributed by atoms with van der Waals surface area (Å²) < 4.78 is 5.74. The Morgan fingerprint density at radius 2 is 2.07 bits per heavy atom. The number of guanidine groups is 1. The Bertz CT molecular complexity index is 634. The SMILES string of the molecule is CN=C(NCc1cccc(OC(C)C)c1)NC1CCN(C(=O)C(C)C)C1.I. The molecule has 2 rings (SSSR count). The van der Waals surface area contributed by atoms with Crippen LogP contribution in [0.2, 0.25) is 0 Å². The van der Waals surface area contributed by atoms with Gasteiger partial charge in [-0.25, -0.2) is 0 Å². The van der Waals surface area contributed by atoms with Gasteiger partial charge in [0, 0.05) is 38.6 Å². The van der Waals surface area contributed by atoms with E-state index in [-0.39, 0.29) is 47.9 Å². The fourth-order valence-corrected chi connectivity index (χ4v) is 3.02. The first kappa shape index (κ1) is 23.5. The Kier molecular flexibility index (Phi) is 9.90. The number of halogens is 1. The van der Waals surface area contributed by atoms with Crippen molar-refractivity contribution in [2.45, 2.75) is 52.8 Å². The van der Waals surface area contributed by atoms with Crippen LogP contribution in [0.15, 0.2) is 29.3 Å². The van der Waals surface area contributed by atoms with Gasteiger partial charge in [0.1, 0.15) is 5.75 Å². The predicted molar refractivity (Wildman–Crippen MR) is 121 cm³/mol. The Morgan fingerprint density at radius 3 is 2.70 bits per heavy atom. The number of nitrogens with one attached hydrogen (secondary N) is 2. The molecule has 6 nitrogen and oxygen atoms in total. The second kappa shape index (κ2) is 11.4. The third-order valence-electron chi connectivity index (χ3n) is 4.29. The van der Waals surface area contributed by atoms with E-state index in [1.165, 1.54) is 0 Å². The van der Waals surface area contributed by atoms with Crippen LogP contribution in [0.5, 0.6) is 5.75 Å². The first-order chi connectivity index (χ1) is 12.4. The molecule has 0 aliphatic carbocycles. The van der Waals surface area contributed by atoms with E-state index in [4.69, 9.17) is 4.74 Å². The fraction of sp³-hybridized carbons (Fsp3) is 0.600. The van der Waals surface area contributed by atoms with E-state index >= 15 is 0 Å². The summed E-state index contributed by atoms with van der Waals surface area (Å²) in [6.07, 6.45) is 1.10. The van der Waals surface area contributed by atoms with E-state index in [1.807, 2.05) is 50.8 Å². The lowest BCUT2D eigenvalue weighted by atomic mass is 10.2. The molecule has 1 aliphatic rings. The zero-order valence-corrected chi connectivity index (χ0v) is 19.3. The van der Waals surface area contributed by atoms with Crippen molar-refractivity contribution in [3.8, 4) is 5.75 Å². The number of nitrogens with zero attached hydrogens (tertiary/aromatic N) is 2. The van der Waals surface area contributed by atoms with Crippen LogP contribution in [0.4, 0.5) is 0 Å². The van der Waals surface area contributed by atoms with Crippen molar-refractivity contribution in [2.24, 2.45) is 10.9 Å². The minimum Gasteiger partial charge on any atom is -0.491 e. The Morgan fingerprint density at radius 1 is 1.33 bits per heavy atom. The molecule has 1 saturated heterocycles. The summed E-state index contributed by atoms with van der Waals surface area (Å²) in [7, 11) is 1.76. The first-order valence-electron chi connectivity index (χ1n) is 9.40. The van der Waals surface area contributed by atoms with E-state index in [1.54, 1.807) is 7.05 Å². The second-order valence-corrected chi connectivity index (χ2v) is 7.31. The molecule has 7 heteroatoms. The number of carbonyl (C=O) groups is 1. The average Bonchev–Trinajstić information content (AvgIpc) is 3.06. The van der Waals surface area contributed by atoms with Crippen molar-refractivity contribution in [3.63, 3.8) is 0 Å². The zero-order valence-electron chi connectivity index (χ0n) is 17.0. The molecule has 1 fully saturated rings. The number of amides is 1. The summed E-state index contributed by atoms with van der Waals surface area (Å²) >= 11 is 0. The number of benzene rings is 1. The van der Waals surface area contributed by atoms with Crippen molar-refractivity contribution in [3.05, 3.63) is 29.8 Å². The molecule has 2 N–H and O–H groups in total. The number of hydrogen-bond donors (Lipinski definition) is 2. The lowest BCUT2D eigenvalue weighted by molar-refractivity contribution is -0.133. The summed E-state index contributed by atoms with van der Waals surface area (Å²) in [5.41, 5.74) is 1.13. The molecule has 0 radical (unpaired) electrons. The summed E-state index contributed by atoms with van der Waals surface area (Å²) in [6.45, 7) is 10.1. The van der Waals surface area contributed by atoms with Crippen LogP contribution in [-0.4, -0.2) is 49.0 Å². The molecule has 27 heavy (non-hydrogen) atoms. The van der Waals surface area contributed by atoms with Crippen LogP contribution in [0, 0.1) is 5.92 Å². The van der Waals surface area contributed by atoms with E-state index in [0.717, 1.165) is 36.8 Å². The maximum Gasteiger partial charge on any atom is 0.225 e. The van der Waals surface area contributed by atoms with Gasteiger partial charge in [0.2, 0.25) is 5.91 Å². The van der Waals surface area contributed by atoms with Crippen molar-refractivity contribution in [1.29, 1.82) is 0 Å². The van der Waals surface area contributed by atoms with Gasteiger partial charge in [0.25, 0.3) is 0 Å². The molecule has 1 heterocycles. The van der Waals surface area contributed by atoms with E-state index in [2.05, 4.69) is 21.7 Å². The largest absolute Gasteiger partial charge is 0.491 e. The van der Waals surface area contributed by atoms with Gasteiger partial charge in [-0.05, 0) is 38.0 Å². The lowest BCUT2D eigenvalue weighted by Gasteiger charge is -2.20. The Hall–Kier alpha value is -1.51. The molecule has 0 bridgehead atoms. The Balaban J connectivity index is 0.00000364. The predicted octanol–water partition coefficient (Wildman–Crippen LogP) is 3.01. The number of rotatable bonds is 6. The summed E-state index contributed by atoms with van der Waals surface area (Å²) in [6, 6.07) is 8.30. The second-order valence-electron chi connectivity index (χ2n) is 7.31. The molecule has 1 amide bonds. The highest BCUT2D eigenvalue weighted by Crippen LogP contribution is 2.15. The van der Waals surface area contributed by atoms with E-state index < -0.39 is 0 Å². The van der Waals surface area contributed by atoms with Crippen molar-refractivity contribution >= 4 is 35.8 Å².